The Kier molecular flexibility index (Phi) is 5.23. The quantitative estimate of drug-likeness (QED) is 0.862. The van der Waals surface area contributed by atoms with E-state index in [1.165, 1.54) is 5.56 Å². The van der Waals surface area contributed by atoms with Crippen LogP contribution in [0.25, 0.3) is 0 Å². The Hall–Kier alpha value is -2.00. The van der Waals surface area contributed by atoms with Gasteiger partial charge in [-0.15, -0.1) is 0 Å². The predicted molar refractivity (Wildman–Crippen MR) is 89.0 cm³/mol. The molecular formula is C17H19ClN2O. The number of hydrogen-bond acceptors (Lipinski definition) is 2. The molecule has 4 heteroatoms. The Balaban J connectivity index is 1.95. The van der Waals surface area contributed by atoms with Crippen molar-refractivity contribution >= 4 is 28.9 Å². The van der Waals surface area contributed by atoms with Gasteiger partial charge < -0.3 is 10.6 Å². The van der Waals surface area contributed by atoms with Crippen molar-refractivity contribution in [2.45, 2.75) is 26.3 Å². The Labute approximate surface area is 130 Å². The molecule has 3 nitrogen and oxygen atoms in total. The van der Waals surface area contributed by atoms with Gasteiger partial charge in [0.15, 0.2) is 0 Å². The molecule has 0 radical (unpaired) electrons. The van der Waals surface area contributed by atoms with E-state index in [2.05, 4.69) is 29.7 Å². The SMILES string of the molecule is CCc1ccc(N[C@@H](C)C(=O)Nc2cccc(Cl)c2)cc1. The van der Waals surface area contributed by atoms with Gasteiger partial charge in [0, 0.05) is 16.4 Å². The van der Waals surface area contributed by atoms with Crippen LogP contribution in [-0.4, -0.2) is 11.9 Å². The van der Waals surface area contributed by atoms with E-state index >= 15 is 0 Å². The molecule has 0 aliphatic heterocycles. The Morgan fingerprint density at radius 3 is 2.48 bits per heavy atom. The van der Waals surface area contributed by atoms with E-state index in [1.807, 2.05) is 25.1 Å². The lowest BCUT2D eigenvalue weighted by molar-refractivity contribution is -0.116. The Bertz CT molecular complexity index is 610. The van der Waals surface area contributed by atoms with Gasteiger partial charge in [0.25, 0.3) is 0 Å². The Morgan fingerprint density at radius 1 is 1.14 bits per heavy atom. The highest BCUT2D eigenvalue weighted by atomic mass is 35.5. The molecule has 0 bridgehead atoms. The van der Waals surface area contributed by atoms with Gasteiger partial charge in [-0.25, -0.2) is 0 Å². The van der Waals surface area contributed by atoms with E-state index in [4.69, 9.17) is 11.6 Å². The summed E-state index contributed by atoms with van der Waals surface area (Å²) in [6.07, 6.45) is 1.01. The molecule has 0 aliphatic rings. The summed E-state index contributed by atoms with van der Waals surface area (Å²) < 4.78 is 0. The normalized spacial score (nSPS) is 11.8. The second-order valence-electron chi connectivity index (χ2n) is 4.92. The van der Waals surface area contributed by atoms with Crippen molar-refractivity contribution in [1.29, 1.82) is 0 Å². The molecule has 2 aromatic carbocycles. The summed E-state index contributed by atoms with van der Waals surface area (Å²) in [4.78, 5) is 12.1. The first-order valence-electron chi connectivity index (χ1n) is 7.00. The zero-order valence-electron chi connectivity index (χ0n) is 12.2. The maximum Gasteiger partial charge on any atom is 0.246 e. The summed E-state index contributed by atoms with van der Waals surface area (Å²) >= 11 is 5.90. The molecule has 0 saturated heterocycles. The van der Waals surface area contributed by atoms with Crippen molar-refractivity contribution in [2.75, 3.05) is 10.6 Å². The first kappa shape index (κ1) is 15.4. The van der Waals surface area contributed by atoms with Crippen molar-refractivity contribution in [3.8, 4) is 0 Å². The minimum Gasteiger partial charge on any atom is -0.374 e. The molecule has 1 amide bonds. The van der Waals surface area contributed by atoms with Crippen LogP contribution in [0.3, 0.4) is 0 Å². The van der Waals surface area contributed by atoms with E-state index in [9.17, 15) is 4.79 Å². The molecule has 2 rings (SSSR count). The van der Waals surface area contributed by atoms with Gasteiger partial charge in [0.2, 0.25) is 5.91 Å². The van der Waals surface area contributed by atoms with Gasteiger partial charge in [-0.05, 0) is 49.2 Å². The predicted octanol–water partition coefficient (Wildman–Crippen LogP) is 4.34. The molecule has 0 aliphatic carbocycles. The van der Waals surface area contributed by atoms with Crippen molar-refractivity contribution < 1.29 is 4.79 Å². The lowest BCUT2D eigenvalue weighted by Crippen LogP contribution is -2.31. The molecule has 0 saturated carbocycles. The zero-order chi connectivity index (χ0) is 15.2. The summed E-state index contributed by atoms with van der Waals surface area (Å²) in [6, 6.07) is 14.9. The summed E-state index contributed by atoms with van der Waals surface area (Å²) in [5.41, 5.74) is 2.90. The second-order valence-corrected chi connectivity index (χ2v) is 5.35. The van der Waals surface area contributed by atoms with E-state index in [0.717, 1.165) is 12.1 Å². The van der Waals surface area contributed by atoms with Gasteiger partial charge in [-0.3, -0.25) is 4.79 Å². The second kappa shape index (κ2) is 7.14. The number of nitrogens with one attached hydrogen (secondary N) is 2. The highest BCUT2D eigenvalue weighted by Crippen LogP contribution is 2.16. The number of halogens is 1. The first-order chi connectivity index (χ1) is 10.1. The maximum atomic E-state index is 12.1. The van der Waals surface area contributed by atoms with Gasteiger partial charge in [-0.1, -0.05) is 36.7 Å². The smallest absolute Gasteiger partial charge is 0.246 e. The third-order valence-electron chi connectivity index (χ3n) is 3.23. The van der Waals surface area contributed by atoms with Crippen LogP contribution in [0.2, 0.25) is 5.02 Å². The van der Waals surface area contributed by atoms with Crippen LogP contribution < -0.4 is 10.6 Å². The van der Waals surface area contributed by atoms with E-state index in [-0.39, 0.29) is 11.9 Å². The molecule has 0 aromatic heterocycles. The van der Waals surface area contributed by atoms with E-state index in [0.29, 0.717) is 10.7 Å². The summed E-state index contributed by atoms with van der Waals surface area (Å²) in [6.45, 7) is 3.94. The average molecular weight is 303 g/mol. The monoisotopic (exact) mass is 302 g/mol. The van der Waals surface area contributed by atoms with Crippen LogP contribution in [0.15, 0.2) is 48.5 Å². The number of amides is 1. The Morgan fingerprint density at radius 2 is 1.86 bits per heavy atom. The molecule has 0 spiro atoms. The number of hydrogen-bond donors (Lipinski definition) is 2. The summed E-state index contributed by atoms with van der Waals surface area (Å²) in [5.74, 6) is -0.100. The minimum atomic E-state index is -0.337. The molecule has 110 valence electrons. The number of carbonyl (C=O) groups is 1. The van der Waals surface area contributed by atoms with Crippen LogP contribution in [0, 0.1) is 0 Å². The number of aryl methyl sites for hydroxylation is 1. The standard InChI is InChI=1S/C17H19ClN2O/c1-3-13-7-9-15(10-8-13)19-12(2)17(21)20-16-6-4-5-14(18)11-16/h4-12,19H,3H2,1-2H3,(H,20,21)/t12-/m0/s1. The highest BCUT2D eigenvalue weighted by Gasteiger charge is 2.12. The molecule has 0 unspecified atom stereocenters. The molecule has 0 heterocycles. The molecule has 2 N–H and O–H groups in total. The summed E-state index contributed by atoms with van der Waals surface area (Å²) in [7, 11) is 0. The summed E-state index contributed by atoms with van der Waals surface area (Å²) in [5, 5.41) is 6.62. The average Bonchev–Trinajstić information content (AvgIpc) is 2.48. The molecule has 2 aromatic rings. The lowest BCUT2D eigenvalue weighted by atomic mass is 10.1. The zero-order valence-corrected chi connectivity index (χ0v) is 12.9. The maximum absolute atomic E-state index is 12.1. The lowest BCUT2D eigenvalue weighted by Gasteiger charge is -2.15. The largest absolute Gasteiger partial charge is 0.374 e. The fourth-order valence-electron chi connectivity index (χ4n) is 1.97. The fourth-order valence-corrected chi connectivity index (χ4v) is 2.16. The molecule has 21 heavy (non-hydrogen) atoms. The number of anilines is 2. The van der Waals surface area contributed by atoms with Gasteiger partial charge in [-0.2, -0.15) is 0 Å². The third kappa shape index (κ3) is 4.50. The van der Waals surface area contributed by atoms with Crippen LogP contribution in [0.4, 0.5) is 11.4 Å². The highest BCUT2D eigenvalue weighted by molar-refractivity contribution is 6.30. The molecule has 1 atom stereocenters. The first-order valence-corrected chi connectivity index (χ1v) is 7.38. The van der Waals surface area contributed by atoms with E-state index < -0.39 is 0 Å². The number of rotatable bonds is 5. The van der Waals surface area contributed by atoms with Crippen LogP contribution >= 0.6 is 11.6 Å². The fraction of sp³-hybridized carbons (Fsp3) is 0.235. The number of benzene rings is 2. The van der Waals surface area contributed by atoms with Crippen LogP contribution in [0.1, 0.15) is 19.4 Å². The van der Waals surface area contributed by atoms with Gasteiger partial charge in [0.05, 0.1) is 0 Å². The molecular weight excluding hydrogens is 284 g/mol. The topological polar surface area (TPSA) is 41.1 Å². The minimum absolute atomic E-state index is 0.100. The molecule has 0 fully saturated rings. The van der Waals surface area contributed by atoms with Crippen molar-refractivity contribution in [1.82, 2.24) is 0 Å². The number of carbonyl (C=O) groups excluding carboxylic acids is 1. The van der Waals surface area contributed by atoms with Crippen LogP contribution in [0.5, 0.6) is 0 Å². The van der Waals surface area contributed by atoms with E-state index in [1.54, 1.807) is 18.2 Å². The van der Waals surface area contributed by atoms with Gasteiger partial charge >= 0.3 is 0 Å². The van der Waals surface area contributed by atoms with Crippen molar-refractivity contribution in [2.24, 2.45) is 0 Å². The van der Waals surface area contributed by atoms with Crippen molar-refractivity contribution in [3.05, 3.63) is 59.1 Å². The van der Waals surface area contributed by atoms with Crippen LogP contribution in [-0.2, 0) is 11.2 Å². The van der Waals surface area contributed by atoms with Crippen molar-refractivity contribution in [3.63, 3.8) is 0 Å². The van der Waals surface area contributed by atoms with Gasteiger partial charge in [0.1, 0.15) is 6.04 Å². The third-order valence-corrected chi connectivity index (χ3v) is 3.47.